The molecule has 3 rings (SSSR count). The maximum Gasteiger partial charge on any atom is 0.218 e. The van der Waals surface area contributed by atoms with E-state index in [1.54, 1.807) is 4.31 Å². The van der Waals surface area contributed by atoms with E-state index in [1.165, 1.54) is 0 Å². The number of rotatable bonds is 3. The Morgan fingerprint density at radius 3 is 2.65 bits per heavy atom. The van der Waals surface area contributed by atoms with Gasteiger partial charge in [-0.2, -0.15) is 4.31 Å². The van der Waals surface area contributed by atoms with Gasteiger partial charge in [0.15, 0.2) is 0 Å². The lowest BCUT2D eigenvalue weighted by Crippen LogP contribution is -2.18. The summed E-state index contributed by atoms with van der Waals surface area (Å²) >= 11 is 0. The third kappa shape index (κ3) is 2.10. The topological polar surface area (TPSA) is 46.4 Å². The fourth-order valence-corrected chi connectivity index (χ4v) is 4.47. The maximum absolute atomic E-state index is 12.2. The molecule has 0 amide bonds. The number of sulfonamides is 1. The lowest BCUT2D eigenvalue weighted by molar-refractivity contribution is 0.114. The SMILES string of the molecule is O=S(=O)(Cc1ccccc1)N1C2CCOCC21. The van der Waals surface area contributed by atoms with Gasteiger partial charge in [0.1, 0.15) is 0 Å². The van der Waals surface area contributed by atoms with E-state index in [0.717, 1.165) is 12.0 Å². The van der Waals surface area contributed by atoms with Crippen LogP contribution < -0.4 is 0 Å². The molecule has 0 aromatic heterocycles. The Kier molecular flexibility index (Phi) is 2.69. The largest absolute Gasteiger partial charge is 0.380 e. The van der Waals surface area contributed by atoms with Crippen molar-refractivity contribution >= 4 is 10.0 Å². The second kappa shape index (κ2) is 4.08. The predicted molar refractivity (Wildman–Crippen MR) is 63.9 cm³/mol. The molecule has 2 heterocycles. The Hall–Kier alpha value is -0.910. The van der Waals surface area contributed by atoms with Gasteiger partial charge >= 0.3 is 0 Å². The monoisotopic (exact) mass is 253 g/mol. The van der Waals surface area contributed by atoms with Crippen molar-refractivity contribution in [3.05, 3.63) is 35.9 Å². The third-order valence-corrected chi connectivity index (χ3v) is 5.25. The van der Waals surface area contributed by atoms with Gasteiger partial charge in [-0.3, -0.25) is 0 Å². The minimum absolute atomic E-state index is 0.0949. The molecule has 4 nitrogen and oxygen atoms in total. The molecule has 0 spiro atoms. The fraction of sp³-hybridized carbons (Fsp3) is 0.500. The molecule has 17 heavy (non-hydrogen) atoms. The van der Waals surface area contributed by atoms with E-state index in [1.807, 2.05) is 30.3 Å². The number of fused-ring (bicyclic) bond motifs is 1. The van der Waals surface area contributed by atoms with E-state index in [2.05, 4.69) is 0 Å². The van der Waals surface area contributed by atoms with E-state index >= 15 is 0 Å². The Balaban J connectivity index is 1.75. The van der Waals surface area contributed by atoms with Crippen LogP contribution in [-0.2, 0) is 20.5 Å². The molecule has 5 heteroatoms. The van der Waals surface area contributed by atoms with Gasteiger partial charge in [0.05, 0.1) is 18.4 Å². The standard InChI is InChI=1S/C12H15NO3S/c14-17(15,9-10-4-2-1-3-5-10)13-11-6-7-16-8-12(11)13/h1-5,11-12H,6-9H2. The molecule has 92 valence electrons. The molecular formula is C12H15NO3S. The summed E-state index contributed by atoms with van der Waals surface area (Å²) in [5.41, 5.74) is 0.845. The fourth-order valence-electron chi connectivity index (χ4n) is 2.49. The maximum atomic E-state index is 12.2. The highest BCUT2D eigenvalue weighted by molar-refractivity contribution is 7.88. The summed E-state index contributed by atoms with van der Waals surface area (Å²) in [4.78, 5) is 0. The van der Waals surface area contributed by atoms with Crippen molar-refractivity contribution in [2.24, 2.45) is 0 Å². The average Bonchev–Trinajstić information content (AvgIpc) is 3.04. The molecule has 2 fully saturated rings. The zero-order valence-electron chi connectivity index (χ0n) is 9.45. The van der Waals surface area contributed by atoms with Crippen molar-refractivity contribution in [1.82, 2.24) is 4.31 Å². The minimum Gasteiger partial charge on any atom is -0.380 e. The van der Waals surface area contributed by atoms with Crippen LogP contribution in [-0.4, -0.2) is 38.0 Å². The van der Waals surface area contributed by atoms with Crippen molar-refractivity contribution < 1.29 is 13.2 Å². The predicted octanol–water partition coefficient (Wildman–Crippen LogP) is 0.990. The number of benzene rings is 1. The Bertz CT molecular complexity index is 488. The minimum atomic E-state index is -3.17. The number of nitrogens with zero attached hydrogens (tertiary/aromatic N) is 1. The van der Waals surface area contributed by atoms with E-state index < -0.39 is 10.0 Å². The van der Waals surface area contributed by atoms with Crippen molar-refractivity contribution in [1.29, 1.82) is 0 Å². The van der Waals surface area contributed by atoms with Gasteiger partial charge in [-0.1, -0.05) is 30.3 Å². The molecule has 0 aliphatic carbocycles. The Morgan fingerprint density at radius 1 is 1.24 bits per heavy atom. The summed E-state index contributed by atoms with van der Waals surface area (Å²) in [5, 5.41) is 0. The van der Waals surface area contributed by atoms with Gasteiger partial charge in [0.25, 0.3) is 0 Å². The molecule has 3 atom stereocenters. The second-order valence-electron chi connectivity index (χ2n) is 4.57. The normalized spacial score (nSPS) is 31.9. The first kappa shape index (κ1) is 11.2. The van der Waals surface area contributed by atoms with Crippen molar-refractivity contribution in [2.75, 3.05) is 13.2 Å². The van der Waals surface area contributed by atoms with E-state index in [-0.39, 0.29) is 17.8 Å². The van der Waals surface area contributed by atoms with Gasteiger partial charge in [-0.05, 0) is 12.0 Å². The van der Waals surface area contributed by atoms with Gasteiger partial charge < -0.3 is 4.74 Å². The first-order valence-corrected chi connectivity index (χ1v) is 7.42. The lowest BCUT2D eigenvalue weighted by atomic mass is 10.2. The summed E-state index contributed by atoms with van der Waals surface area (Å²) in [7, 11) is -3.17. The first-order chi connectivity index (χ1) is 8.18. The highest BCUT2D eigenvalue weighted by Crippen LogP contribution is 2.38. The summed E-state index contributed by atoms with van der Waals surface area (Å²) in [6.07, 6.45) is 0.832. The third-order valence-electron chi connectivity index (χ3n) is 3.37. The summed E-state index contributed by atoms with van der Waals surface area (Å²) < 4.78 is 31.3. The van der Waals surface area contributed by atoms with E-state index in [9.17, 15) is 8.42 Å². The lowest BCUT2D eigenvalue weighted by Gasteiger charge is -2.05. The van der Waals surface area contributed by atoms with Crippen LogP contribution in [0.2, 0.25) is 0 Å². The molecule has 0 N–H and O–H groups in total. The van der Waals surface area contributed by atoms with Gasteiger partial charge in [-0.15, -0.1) is 0 Å². The van der Waals surface area contributed by atoms with Crippen molar-refractivity contribution in [3.63, 3.8) is 0 Å². The molecule has 1 aromatic rings. The molecule has 1 aromatic carbocycles. The van der Waals surface area contributed by atoms with Crippen LogP contribution in [0.1, 0.15) is 12.0 Å². The number of ether oxygens (including phenoxy) is 1. The summed E-state index contributed by atoms with van der Waals surface area (Å²) in [6.45, 7) is 1.23. The van der Waals surface area contributed by atoms with Gasteiger partial charge in [0, 0.05) is 12.6 Å². The van der Waals surface area contributed by atoms with Gasteiger partial charge in [0.2, 0.25) is 10.0 Å². The second-order valence-corrected chi connectivity index (χ2v) is 6.44. The van der Waals surface area contributed by atoms with Crippen LogP contribution >= 0.6 is 0 Å². The molecule has 0 radical (unpaired) electrons. The van der Waals surface area contributed by atoms with Crippen LogP contribution in [0.15, 0.2) is 30.3 Å². The summed E-state index contributed by atoms with van der Waals surface area (Å²) in [5.74, 6) is 0.0981. The highest BCUT2D eigenvalue weighted by atomic mass is 32.2. The molecule has 0 bridgehead atoms. The quantitative estimate of drug-likeness (QED) is 0.755. The van der Waals surface area contributed by atoms with Crippen LogP contribution in [0.3, 0.4) is 0 Å². The first-order valence-electron chi connectivity index (χ1n) is 5.81. The molecular weight excluding hydrogens is 238 g/mol. The van der Waals surface area contributed by atoms with Crippen molar-refractivity contribution in [2.45, 2.75) is 24.3 Å². The average molecular weight is 253 g/mol. The Labute approximate surface area is 101 Å². The van der Waals surface area contributed by atoms with Crippen LogP contribution in [0.4, 0.5) is 0 Å². The van der Waals surface area contributed by atoms with Crippen LogP contribution in [0, 0.1) is 0 Å². The Morgan fingerprint density at radius 2 is 2.00 bits per heavy atom. The zero-order chi connectivity index (χ0) is 11.9. The van der Waals surface area contributed by atoms with Gasteiger partial charge in [-0.25, -0.2) is 8.42 Å². The molecule has 0 saturated carbocycles. The zero-order valence-corrected chi connectivity index (χ0v) is 10.3. The molecule has 2 aliphatic rings. The van der Waals surface area contributed by atoms with E-state index in [0.29, 0.717) is 13.2 Å². The molecule has 2 aliphatic heterocycles. The van der Waals surface area contributed by atoms with Crippen LogP contribution in [0.5, 0.6) is 0 Å². The smallest absolute Gasteiger partial charge is 0.218 e. The molecule has 3 unspecified atom stereocenters. The summed E-state index contributed by atoms with van der Waals surface area (Å²) in [6, 6.07) is 9.60. The highest BCUT2D eigenvalue weighted by Gasteiger charge is 2.55. The molecule has 2 saturated heterocycles. The van der Waals surface area contributed by atoms with Crippen molar-refractivity contribution in [3.8, 4) is 0 Å². The van der Waals surface area contributed by atoms with Crippen LogP contribution in [0.25, 0.3) is 0 Å². The number of hydrogen-bond acceptors (Lipinski definition) is 3. The van der Waals surface area contributed by atoms with E-state index in [4.69, 9.17) is 4.74 Å². The number of hydrogen-bond donors (Lipinski definition) is 0.